The van der Waals surface area contributed by atoms with Crippen LogP contribution in [0.5, 0.6) is 0 Å². The summed E-state index contributed by atoms with van der Waals surface area (Å²) in [5.41, 5.74) is 1.16. The molecule has 4 rings (SSSR count). The minimum absolute atomic E-state index is 0.00175. The Morgan fingerprint density at radius 1 is 1.14 bits per heavy atom. The maximum atomic E-state index is 6.13. The first-order valence-electron chi connectivity index (χ1n) is 9.36. The fourth-order valence-corrected chi connectivity index (χ4v) is 4.44. The van der Waals surface area contributed by atoms with Crippen molar-refractivity contribution in [1.82, 2.24) is 30.0 Å². The molecule has 3 aromatic rings. The van der Waals surface area contributed by atoms with E-state index in [1.807, 2.05) is 22.9 Å². The number of hydrogen-bond donors (Lipinski definition) is 0. The first kappa shape index (κ1) is 19.3. The summed E-state index contributed by atoms with van der Waals surface area (Å²) in [6.07, 6.45) is 1.97. The Hall–Kier alpha value is -2.06. The molecule has 146 valence electrons. The number of halogens is 1. The Balaban J connectivity index is 1.64. The van der Waals surface area contributed by atoms with E-state index in [9.17, 15) is 0 Å². The zero-order valence-corrected chi connectivity index (χ0v) is 17.2. The van der Waals surface area contributed by atoms with Crippen LogP contribution in [0.25, 0.3) is 0 Å². The zero-order valence-electron chi connectivity index (χ0n) is 15.6. The smallest absolute Gasteiger partial charge is 0.173 e. The van der Waals surface area contributed by atoms with Gasteiger partial charge in [0.05, 0.1) is 12.6 Å². The molecule has 0 amide bonds. The number of tetrazole rings is 1. The quantitative estimate of drug-likeness (QED) is 0.555. The third kappa shape index (κ3) is 4.33. The highest BCUT2D eigenvalue weighted by atomic mass is 35.5. The van der Waals surface area contributed by atoms with Gasteiger partial charge in [0.2, 0.25) is 0 Å². The molecule has 3 heterocycles. The lowest BCUT2D eigenvalue weighted by Crippen LogP contribution is -2.48. The molecule has 1 aromatic carbocycles. The summed E-state index contributed by atoms with van der Waals surface area (Å²) in [6, 6.07) is 12.2. The highest BCUT2D eigenvalue weighted by Crippen LogP contribution is 2.29. The predicted octanol–water partition coefficient (Wildman–Crippen LogP) is 3.33. The Labute approximate surface area is 174 Å². The van der Waals surface area contributed by atoms with Gasteiger partial charge in [-0.1, -0.05) is 35.9 Å². The van der Waals surface area contributed by atoms with Crippen molar-refractivity contribution in [3.05, 3.63) is 75.7 Å². The largest absolute Gasteiger partial charge is 0.297 e. The summed E-state index contributed by atoms with van der Waals surface area (Å²) in [4.78, 5) is 6.11. The predicted molar refractivity (Wildman–Crippen MR) is 113 cm³/mol. The summed E-state index contributed by atoms with van der Waals surface area (Å²) >= 11 is 7.85. The molecule has 28 heavy (non-hydrogen) atoms. The van der Waals surface area contributed by atoms with Crippen molar-refractivity contribution in [2.75, 3.05) is 32.7 Å². The van der Waals surface area contributed by atoms with Gasteiger partial charge in [0.15, 0.2) is 5.82 Å². The normalized spacial score (nSPS) is 16.9. The van der Waals surface area contributed by atoms with Crippen LogP contribution >= 0.6 is 22.9 Å². The van der Waals surface area contributed by atoms with E-state index < -0.39 is 0 Å². The van der Waals surface area contributed by atoms with Crippen molar-refractivity contribution in [2.45, 2.75) is 12.6 Å². The molecule has 1 aliphatic rings. The van der Waals surface area contributed by atoms with Gasteiger partial charge in [-0.2, -0.15) is 0 Å². The minimum atomic E-state index is -0.00175. The zero-order chi connectivity index (χ0) is 19.3. The van der Waals surface area contributed by atoms with Crippen molar-refractivity contribution in [3.63, 3.8) is 0 Å². The van der Waals surface area contributed by atoms with Crippen LogP contribution < -0.4 is 0 Å². The molecule has 0 radical (unpaired) electrons. The van der Waals surface area contributed by atoms with Crippen LogP contribution in [0.4, 0.5) is 0 Å². The van der Waals surface area contributed by atoms with Gasteiger partial charge in [0.1, 0.15) is 0 Å². The summed E-state index contributed by atoms with van der Waals surface area (Å²) in [6.45, 7) is 9.37. The Kier molecular flexibility index (Phi) is 6.17. The van der Waals surface area contributed by atoms with E-state index in [0.717, 1.165) is 49.1 Å². The van der Waals surface area contributed by atoms with Crippen molar-refractivity contribution in [1.29, 1.82) is 0 Å². The standard InChI is InChI=1S/C20H23ClN6S/c1-2-9-25-10-12-26(13-11-25)19(16-5-7-17(21)8-6-16)20-22-23-24-27(20)15-18-4-3-14-28-18/h2-8,14,19H,1,9-13,15H2. The van der Waals surface area contributed by atoms with Gasteiger partial charge in [0.25, 0.3) is 0 Å². The molecule has 1 aliphatic heterocycles. The van der Waals surface area contributed by atoms with E-state index >= 15 is 0 Å². The molecule has 0 N–H and O–H groups in total. The number of benzene rings is 1. The second kappa shape index (κ2) is 8.96. The molecule has 1 fully saturated rings. The van der Waals surface area contributed by atoms with Crippen LogP contribution in [0.3, 0.4) is 0 Å². The SMILES string of the molecule is C=CCN1CCN(C(c2ccc(Cl)cc2)c2nnnn2Cc2cccs2)CC1. The number of aromatic nitrogens is 4. The number of piperazine rings is 1. The molecule has 1 atom stereocenters. The monoisotopic (exact) mass is 414 g/mol. The Morgan fingerprint density at radius 2 is 1.93 bits per heavy atom. The maximum Gasteiger partial charge on any atom is 0.173 e. The first-order chi connectivity index (χ1) is 13.7. The van der Waals surface area contributed by atoms with Gasteiger partial charge in [-0.05, 0) is 39.6 Å². The average molecular weight is 415 g/mol. The fourth-order valence-electron chi connectivity index (χ4n) is 3.63. The number of hydrogen-bond acceptors (Lipinski definition) is 6. The van der Waals surface area contributed by atoms with E-state index in [1.54, 1.807) is 11.3 Å². The maximum absolute atomic E-state index is 6.13. The van der Waals surface area contributed by atoms with Gasteiger partial charge in [-0.3, -0.25) is 9.80 Å². The van der Waals surface area contributed by atoms with Gasteiger partial charge in [0, 0.05) is 42.6 Å². The molecule has 0 saturated carbocycles. The lowest BCUT2D eigenvalue weighted by molar-refractivity contribution is 0.113. The summed E-state index contributed by atoms with van der Waals surface area (Å²) in [5.74, 6) is 0.868. The Morgan fingerprint density at radius 3 is 2.61 bits per heavy atom. The number of thiophene rings is 1. The van der Waals surface area contributed by atoms with Gasteiger partial charge < -0.3 is 0 Å². The van der Waals surface area contributed by atoms with Crippen LogP contribution in [0.1, 0.15) is 22.3 Å². The van der Waals surface area contributed by atoms with Crippen LogP contribution in [0.15, 0.2) is 54.4 Å². The topological polar surface area (TPSA) is 50.1 Å². The lowest BCUT2D eigenvalue weighted by Gasteiger charge is -2.38. The molecule has 8 heteroatoms. The third-order valence-corrected chi connectivity index (χ3v) is 6.15. The van der Waals surface area contributed by atoms with Gasteiger partial charge >= 0.3 is 0 Å². The number of nitrogens with zero attached hydrogens (tertiary/aromatic N) is 6. The van der Waals surface area contributed by atoms with Crippen molar-refractivity contribution in [2.24, 2.45) is 0 Å². The summed E-state index contributed by atoms with van der Waals surface area (Å²) in [7, 11) is 0. The van der Waals surface area contributed by atoms with Crippen LogP contribution in [0, 0.1) is 0 Å². The van der Waals surface area contributed by atoms with Crippen molar-refractivity contribution < 1.29 is 0 Å². The third-order valence-electron chi connectivity index (χ3n) is 5.03. The second-order valence-electron chi connectivity index (χ2n) is 6.85. The molecule has 0 spiro atoms. The lowest BCUT2D eigenvalue weighted by atomic mass is 10.0. The van der Waals surface area contributed by atoms with Gasteiger partial charge in [-0.15, -0.1) is 23.0 Å². The van der Waals surface area contributed by atoms with E-state index in [0.29, 0.717) is 6.54 Å². The highest BCUT2D eigenvalue weighted by Gasteiger charge is 2.30. The van der Waals surface area contributed by atoms with Crippen LogP contribution in [-0.2, 0) is 6.54 Å². The van der Waals surface area contributed by atoms with E-state index in [4.69, 9.17) is 11.6 Å². The second-order valence-corrected chi connectivity index (χ2v) is 8.32. The summed E-state index contributed by atoms with van der Waals surface area (Å²) in [5, 5.41) is 15.5. The van der Waals surface area contributed by atoms with Crippen LogP contribution in [-0.4, -0.2) is 62.7 Å². The molecule has 1 unspecified atom stereocenters. The summed E-state index contributed by atoms with van der Waals surface area (Å²) < 4.78 is 1.92. The first-order valence-corrected chi connectivity index (χ1v) is 10.6. The van der Waals surface area contributed by atoms with Gasteiger partial charge in [-0.25, -0.2) is 4.68 Å². The molecule has 0 aliphatic carbocycles. The minimum Gasteiger partial charge on any atom is -0.297 e. The van der Waals surface area contributed by atoms with Crippen molar-refractivity contribution >= 4 is 22.9 Å². The molecule has 6 nitrogen and oxygen atoms in total. The molecule has 1 saturated heterocycles. The molecular formula is C20H23ClN6S. The van der Waals surface area contributed by atoms with E-state index in [1.165, 1.54) is 4.88 Å². The highest BCUT2D eigenvalue weighted by molar-refractivity contribution is 7.09. The van der Waals surface area contributed by atoms with Crippen molar-refractivity contribution in [3.8, 4) is 0 Å². The van der Waals surface area contributed by atoms with E-state index in [-0.39, 0.29) is 6.04 Å². The fraction of sp³-hybridized carbons (Fsp3) is 0.350. The molecule has 0 bridgehead atoms. The molecule has 2 aromatic heterocycles. The number of rotatable bonds is 7. The molecular weight excluding hydrogens is 392 g/mol. The average Bonchev–Trinajstić information content (AvgIpc) is 3.38. The van der Waals surface area contributed by atoms with Crippen LogP contribution in [0.2, 0.25) is 5.02 Å². The van der Waals surface area contributed by atoms with E-state index in [2.05, 4.69) is 61.5 Å². The Bertz CT molecular complexity index is 884.